The molecule has 178 valence electrons. The number of rotatable bonds is 6. The third-order valence-corrected chi connectivity index (χ3v) is 6.23. The lowest BCUT2D eigenvalue weighted by atomic mass is 9.98. The maximum absolute atomic E-state index is 14.7. The van der Waals surface area contributed by atoms with Gasteiger partial charge in [0.1, 0.15) is 11.5 Å². The highest BCUT2D eigenvalue weighted by molar-refractivity contribution is 5.95. The van der Waals surface area contributed by atoms with Crippen LogP contribution in [0.3, 0.4) is 0 Å². The second kappa shape index (κ2) is 10.0. The Bertz CT molecular complexity index is 1470. The van der Waals surface area contributed by atoms with Crippen LogP contribution in [0.25, 0.3) is 16.9 Å². The van der Waals surface area contributed by atoms with E-state index < -0.39 is 0 Å². The summed E-state index contributed by atoms with van der Waals surface area (Å²) in [7, 11) is 0. The third kappa shape index (κ3) is 4.68. The summed E-state index contributed by atoms with van der Waals surface area (Å²) < 4.78 is 16.3. The van der Waals surface area contributed by atoms with Crippen molar-refractivity contribution < 1.29 is 9.18 Å². The number of benzene rings is 4. The molecule has 5 rings (SSSR count). The molecule has 0 radical (unpaired) electrons. The van der Waals surface area contributed by atoms with E-state index in [4.69, 9.17) is 5.10 Å². The molecule has 0 saturated carbocycles. The molecule has 0 saturated heterocycles. The van der Waals surface area contributed by atoms with Crippen molar-refractivity contribution in [2.75, 3.05) is 0 Å². The normalized spacial score (nSPS) is 11.0. The van der Waals surface area contributed by atoms with Crippen molar-refractivity contribution in [2.24, 2.45) is 0 Å². The highest BCUT2D eigenvalue weighted by Gasteiger charge is 2.24. The summed E-state index contributed by atoms with van der Waals surface area (Å²) in [6.45, 7) is 3.96. The first-order chi connectivity index (χ1) is 17.5. The largest absolute Gasteiger partial charge is 0.340 e. The van der Waals surface area contributed by atoms with Crippen LogP contribution < -0.4 is 5.32 Å². The average molecular weight is 476 g/mol. The van der Waals surface area contributed by atoms with Crippen molar-refractivity contribution in [2.45, 2.75) is 19.9 Å². The second-order valence-electron chi connectivity index (χ2n) is 8.82. The number of carbonyl (C=O) groups is 1. The molecule has 1 aromatic heterocycles. The Labute approximate surface area is 210 Å². The Hall–Kier alpha value is -4.51. The molecule has 0 unspecified atom stereocenters. The fourth-order valence-electron chi connectivity index (χ4n) is 4.33. The number of nitrogens with zero attached hydrogens (tertiary/aromatic N) is 2. The van der Waals surface area contributed by atoms with Crippen molar-refractivity contribution in [3.63, 3.8) is 0 Å². The Morgan fingerprint density at radius 2 is 1.42 bits per heavy atom. The molecular formula is C31H26FN3O. The van der Waals surface area contributed by atoms with Crippen molar-refractivity contribution in [3.05, 3.63) is 143 Å². The van der Waals surface area contributed by atoms with Crippen molar-refractivity contribution in [1.82, 2.24) is 15.1 Å². The maximum Gasteiger partial charge on any atom is 0.270 e. The molecule has 5 heteroatoms. The maximum atomic E-state index is 14.7. The average Bonchev–Trinajstić information content (AvgIpc) is 3.35. The first-order valence-corrected chi connectivity index (χ1v) is 11.8. The van der Waals surface area contributed by atoms with Crippen LogP contribution in [-0.2, 0) is 0 Å². The van der Waals surface area contributed by atoms with Crippen LogP contribution in [0.15, 0.2) is 109 Å². The molecule has 1 heterocycles. The molecule has 0 bridgehead atoms. The lowest BCUT2D eigenvalue weighted by Gasteiger charge is -2.20. The van der Waals surface area contributed by atoms with E-state index in [9.17, 15) is 9.18 Å². The molecule has 0 fully saturated rings. The van der Waals surface area contributed by atoms with Gasteiger partial charge in [-0.1, -0.05) is 84.9 Å². The monoisotopic (exact) mass is 475 g/mol. The Morgan fingerprint density at radius 1 is 0.806 bits per heavy atom. The van der Waals surface area contributed by atoms with E-state index in [-0.39, 0.29) is 17.8 Å². The topological polar surface area (TPSA) is 46.9 Å². The summed E-state index contributed by atoms with van der Waals surface area (Å²) in [5, 5.41) is 7.90. The van der Waals surface area contributed by atoms with Gasteiger partial charge in [0.15, 0.2) is 0 Å². The molecular weight excluding hydrogens is 449 g/mol. The van der Waals surface area contributed by atoms with Crippen LogP contribution in [0, 0.1) is 19.7 Å². The Morgan fingerprint density at radius 3 is 2.06 bits per heavy atom. The smallest absolute Gasteiger partial charge is 0.270 e. The van der Waals surface area contributed by atoms with Gasteiger partial charge in [-0.05, 0) is 60.4 Å². The second-order valence-corrected chi connectivity index (χ2v) is 8.82. The van der Waals surface area contributed by atoms with Gasteiger partial charge in [0, 0.05) is 5.56 Å². The van der Waals surface area contributed by atoms with E-state index in [1.165, 1.54) is 6.07 Å². The molecule has 4 aromatic carbocycles. The van der Waals surface area contributed by atoms with Gasteiger partial charge in [0.25, 0.3) is 5.91 Å². The highest BCUT2D eigenvalue weighted by Crippen LogP contribution is 2.27. The lowest BCUT2D eigenvalue weighted by molar-refractivity contribution is 0.0935. The van der Waals surface area contributed by atoms with Gasteiger partial charge in [-0.15, -0.1) is 0 Å². The first-order valence-electron chi connectivity index (χ1n) is 11.8. The number of amides is 1. The van der Waals surface area contributed by atoms with Gasteiger partial charge in [0.2, 0.25) is 0 Å². The number of aryl methyl sites for hydroxylation is 2. The highest BCUT2D eigenvalue weighted by atomic mass is 19.1. The van der Waals surface area contributed by atoms with Crippen LogP contribution in [0.2, 0.25) is 0 Å². The molecule has 4 nitrogen and oxygen atoms in total. The van der Waals surface area contributed by atoms with Crippen LogP contribution in [0.1, 0.15) is 38.8 Å². The van der Waals surface area contributed by atoms with E-state index in [2.05, 4.69) is 5.32 Å². The minimum atomic E-state index is -0.387. The molecule has 0 atom stereocenters. The standard InChI is InChI=1S/C31H26FN3O/c1-21-17-18-22(2)28(19-21)35-29(20-27(34-35)25-15-9-10-16-26(25)32)31(36)33-30(23-11-5-3-6-12-23)24-13-7-4-8-14-24/h3-20,30H,1-2H3,(H,33,36). The van der Waals surface area contributed by atoms with E-state index >= 15 is 0 Å². The number of halogens is 1. The number of aromatic nitrogens is 2. The zero-order valence-electron chi connectivity index (χ0n) is 20.2. The molecule has 5 aromatic rings. The molecule has 1 amide bonds. The summed E-state index contributed by atoms with van der Waals surface area (Å²) in [6, 6.07) is 33.4. The molecule has 0 spiro atoms. The summed E-state index contributed by atoms with van der Waals surface area (Å²) in [6.07, 6.45) is 0. The number of nitrogens with one attached hydrogen (secondary N) is 1. The van der Waals surface area contributed by atoms with Gasteiger partial charge in [0.05, 0.1) is 17.4 Å². The molecule has 0 aliphatic heterocycles. The first kappa shape index (κ1) is 23.2. The van der Waals surface area contributed by atoms with Gasteiger partial charge in [-0.2, -0.15) is 5.10 Å². The third-order valence-electron chi connectivity index (χ3n) is 6.23. The molecule has 0 aliphatic carbocycles. The fourth-order valence-corrected chi connectivity index (χ4v) is 4.33. The van der Waals surface area contributed by atoms with E-state index in [1.54, 1.807) is 28.9 Å². The fraction of sp³-hybridized carbons (Fsp3) is 0.0968. The quantitative estimate of drug-likeness (QED) is 0.293. The number of carbonyl (C=O) groups excluding carboxylic acids is 1. The predicted molar refractivity (Wildman–Crippen MR) is 141 cm³/mol. The zero-order valence-corrected chi connectivity index (χ0v) is 20.2. The summed E-state index contributed by atoms with van der Waals surface area (Å²) >= 11 is 0. The molecule has 36 heavy (non-hydrogen) atoms. The van der Waals surface area contributed by atoms with Crippen LogP contribution in [0.5, 0.6) is 0 Å². The Balaban J connectivity index is 1.62. The predicted octanol–water partition coefficient (Wildman–Crippen LogP) is 6.81. The van der Waals surface area contributed by atoms with Crippen molar-refractivity contribution >= 4 is 5.91 Å². The van der Waals surface area contributed by atoms with E-state index in [0.29, 0.717) is 17.0 Å². The lowest BCUT2D eigenvalue weighted by Crippen LogP contribution is -2.31. The van der Waals surface area contributed by atoms with Crippen LogP contribution in [-0.4, -0.2) is 15.7 Å². The zero-order chi connectivity index (χ0) is 25.1. The molecule has 0 aliphatic rings. The summed E-state index contributed by atoms with van der Waals surface area (Å²) in [4.78, 5) is 13.9. The number of hydrogen-bond acceptors (Lipinski definition) is 2. The van der Waals surface area contributed by atoms with Gasteiger partial charge in [-0.3, -0.25) is 4.79 Å². The van der Waals surface area contributed by atoms with Gasteiger partial charge < -0.3 is 5.32 Å². The SMILES string of the molecule is Cc1ccc(C)c(-n2nc(-c3ccccc3F)cc2C(=O)NC(c2ccccc2)c2ccccc2)c1. The summed E-state index contributed by atoms with van der Waals surface area (Å²) in [5.41, 5.74) is 5.77. The molecule has 1 N–H and O–H groups in total. The Kier molecular flexibility index (Phi) is 6.46. The minimum Gasteiger partial charge on any atom is -0.340 e. The van der Waals surface area contributed by atoms with Crippen molar-refractivity contribution in [1.29, 1.82) is 0 Å². The van der Waals surface area contributed by atoms with Gasteiger partial charge >= 0.3 is 0 Å². The van der Waals surface area contributed by atoms with Crippen LogP contribution in [0.4, 0.5) is 4.39 Å². The van der Waals surface area contributed by atoms with Crippen molar-refractivity contribution in [3.8, 4) is 16.9 Å². The van der Waals surface area contributed by atoms with Gasteiger partial charge in [-0.25, -0.2) is 9.07 Å². The minimum absolute atomic E-state index is 0.302. The van der Waals surface area contributed by atoms with Crippen LogP contribution >= 0.6 is 0 Å². The van der Waals surface area contributed by atoms with E-state index in [0.717, 1.165) is 27.9 Å². The summed E-state index contributed by atoms with van der Waals surface area (Å²) in [5.74, 6) is -0.690. The number of hydrogen-bond donors (Lipinski definition) is 1. The van der Waals surface area contributed by atoms with E-state index in [1.807, 2.05) is 92.7 Å².